The van der Waals surface area contributed by atoms with Crippen LogP contribution in [0.1, 0.15) is 19.3 Å². The van der Waals surface area contributed by atoms with Crippen LogP contribution >= 0.6 is 11.6 Å². The number of likely N-dealkylation sites (tertiary alicyclic amines) is 1. The van der Waals surface area contributed by atoms with Crippen molar-refractivity contribution in [3.05, 3.63) is 41.1 Å². The molecule has 0 saturated carbocycles. The number of carbonyl (C=O) groups excluding carboxylic acids is 1. The number of hydrogen-bond acceptors (Lipinski definition) is 3. The smallest absolute Gasteiger partial charge is 0.266 e. The Morgan fingerprint density at radius 3 is 2.50 bits per heavy atom. The van der Waals surface area contributed by atoms with Gasteiger partial charge in [-0.25, -0.2) is 0 Å². The van der Waals surface area contributed by atoms with Gasteiger partial charge in [-0.1, -0.05) is 11.6 Å². The summed E-state index contributed by atoms with van der Waals surface area (Å²) in [6, 6.07) is 9.04. The van der Waals surface area contributed by atoms with Crippen molar-refractivity contribution in [2.75, 3.05) is 18.4 Å². The van der Waals surface area contributed by atoms with Gasteiger partial charge in [-0.05, 0) is 43.5 Å². The van der Waals surface area contributed by atoms with Crippen LogP contribution in [0, 0.1) is 11.3 Å². The molecule has 0 spiro atoms. The van der Waals surface area contributed by atoms with Crippen LogP contribution in [0.2, 0.25) is 5.02 Å². The summed E-state index contributed by atoms with van der Waals surface area (Å²) in [5, 5.41) is 12.7. The van der Waals surface area contributed by atoms with E-state index in [-0.39, 0.29) is 11.5 Å². The Kier molecular flexibility index (Phi) is 5.03. The van der Waals surface area contributed by atoms with Gasteiger partial charge in [0.2, 0.25) is 0 Å². The number of halogens is 1. The van der Waals surface area contributed by atoms with Gasteiger partial charge < -0.3 is 10.2 Å². The maximum absolute atomic E-state index is 12.2. The van der Waals surface area contributed by atoms with Gasteiger partial charge in [0.15, 0.2) is 0 Å². The fraction of sp³-hybridized carbons (Fsp3) is 0.333. The van der Waals surface area contributed by atoms with E-state index < -0.39 is 0 Å². The van der Waals surface area contributed by atoms with E-state index in [4.69, 9.17) is 16.9 Å². The molecule has 0 atom stereocenters. The van der Waals surface area contributed by atoms with Crippen LogP contribution in [0.25, 0.3) is 0 Å². The number of hydrogen-bond donors (Lipinski definition) is 1. The van der Waals surface area contributed by atoms with Crippen molar-refractivity contribution in [2.45, 2.75) is 19.3 Å². The van der Waals surface area contributed by atoms with E-state index >= 15 is 0 Å². The molecular formula is C15H16ClN3O. The summed E-state index contributed by atoms with van der Waals surface area (Å²) in [6.07, 6.45) is 4.63. The first kappa shape index (κ1) is 14.4. The zero-order chi connectivity index (χ0) is 14.4. The molecule has 1 N–H and O–H groups in total. The molecule has 5 heteroatoms. The number of carbonyl (C=O) groups is 1. The molecule has 0 aromatic heterocycles. The lowest BCUT2D eigenvalue weighted by Crippen LogP contribution is -2.36. The average molecular weight is 290 g/mol. The van der Waals surface area contributed by atoms with Crippen molar-refractivity contribution in [3.63, 3.8) is 0 Å². The Bertz CT molecular complexity index is 539. The van der Waals surface area contributed by atoms with Gasteiger partial charge in [0.1, 0.15) is 11.6 Å². The highest BCUT2D eigenvalue weighted by atomic mass is 35.5. The summed E-state index contributed by atoms with van der Waals surface area (Å²) >= 11 is 5.80. The van der Waals surface area contributed by atoms with Gasteiger partial charge in [-0.15, -0.1) is 0 Å². The number of nitriles is 1. The van der Waals surface area contributed by atoms with Crippen LogP contribution in [-0.2, 0) is 4.79 Å². The number of nitrogens with zero attached hydrogens (tertiary/aromatic N) is 2. The lowest BCUT2D eigenvalue weighted by Gasteiger charge is -2.26. The van der Waals surface area contributed by atoms with E-state index in [2.05, 4.69) is 5.32 Å². The fourth-order valence-electron chi connectivity index (χ4n) is 2.11. The first-order valence-electron chi connectivity index (χ1n) is 6.62. The molecule has 1 aromatic carbocycles. The number of anilines is 1. The van der Waals surface area contributed by atoms with E-state index in [1.165, 1.54) is 6.20 Å². The van der Waals surface area contributed by atoms with Crippen LogP contribution in [0.5, 0.6) is 0 Å². The molecule has 1 saturated heterocycles. The van der Waals surface area contributed by atoms with Crippen LogP contribution in [0.15, 0.2) is 36.0 Å². The number of amides is 1. The standard InChI is InChI=1S/C15H16ClN3O/c16-13-4-6-14(7-5-13)18-11-12(10-17)15(20)19-8-2-1-3-9-19/h4-7,11,18H,1-3,8-9H2/b12-11-. The minimum absolute atomic E-state index is 0.127. The van der Waals surface area contributed by atoms with Crippen molar-refractivity contribution < 1.29 is 4.79 Å². The van der Waals surface area contributed by atoms with E-state index in [0.717, 1.165) is 38.0 Å². The molecule has 1 amide bonds. The fourth-order valence-corrected chi connectivity index (χ4v) is 2.24. The summed E-state index contributed by atoms with van der Waals surface area (Å²) in [4.78, 5) is 13.9. The molecule has 1 aromatic rings. The van der Waals surface area contributed by atoms with Crippen molar-refractivity contribution in [2.24, 2.45) is 0 Å². The van der Waals surface area contributed by atoms with Gasteiger partial charge >= 0.3 is 0 Å². The SMILES string of the molecule is N#C/C(=C/Nc1ccc(Cl)cc1)C(=O)N1CCCCC1. The molecule has 4 nitrogen and oxygen atoms in total. The molecule has 0 radical (unpaired) electrons. The molecule has 1 aliphatic heterocycles. The second-order valence-corrected chi connectivity index (χ2v) is 5.11. The van der Waals surface area contributed by atoms with Gasteiger partial charge in [-0.2, -0.15) is 5.26 Å². The maximum atomic E-state index is 12.2. The second-order valence-electron chi connectivity index (χ2n) is 4.67. The van der Waals surface area contributed by atoms with Crippen LogP contribution in [0.3, 0.4) is 0 Å². The maximum Gasteiger partial charge on any atom is 0.266 e. The highest BCUT2D eigenvalue weighted by molar-refractivity contribution is 6.30. The molecule has 0 unspecified atom stereocenters. The second kappa shape index (κ2) is 6.97. The van der Waals surface area contributed by atoms with Crippen molar-refractivity contribution in [3.8, 4) is 6.07 Å². The number of piperidine rings is 1. The lowest BCUT2D eigenvalue weighted by molar-refractivity contribution is -0.127. The van der Waals surface area contributed by atoms with Gasteiger partial charge in [0.25, 0.3) is 5.91 Å². The van der Waals surface area contributed by atoms with Crippen molar-refractivity contribution in [1.29, 1.82) is 5.26 Å². The van der Waals surface area contributed by atoms with E-state index in [9.17, 15) is 4.79 Å². The van der Waals surface area contributed by atoms with Gasteiger partial charge in [0.05, 0.1) is 0 Å². The zero-order valence-electron chi connectivity index (χ0n) is 11.1. The molecule has 20 heavy (non-hydrogen) atoms. The Morgan fingerprint density at radius 2 is 1.90 bits per heavy atom. The first-order chi connectivity index (χ1) is 9.70. The van der Waals surface area contributed by atoms with E-state index in [1.54, 1.807) is 29.2 Å². The average Bonchev–Trinajstić information content (AvgIpc) is 2.50. The lowest BCUT2D eigenvalue weighted by atomic mass is 10.1. The number of rotatable bonds is 3. The van der Waals surface area contributed by atoms with E-state index in [0.29, 0.717) is 5.02 Å². The first-order valence-corrected chi connectivity index (χ1v) is 7.00. The monoisotopic (exact) mass is 289 g/mol. The normalized spacial score (nSPS) is 15.6. The Labute approximate surface area is 123 Å². The van der Waals surface area contributed by atoms with Crippen LogP contribution < -0.4 is 5.32 Å². The topological polar surface area (TPSA) is 56.1 Å². The molecule has 1 heterocycles. The van der Waals surface area contributed by atoms with Crippen molar-refractivity contribution in [1.82, 2.24) is 4.90 Å². The molecule has 2 rings (SSSR count). The predicted molar refractivity (Wildman–Crippen MR) is 79.2 cm³/mol. The molecule has 0 bridgehead atoms. The number of benzene rings is 1. The highest BCUT2D eigenvalue weighted by Crippen LogP contribution is 2.15. The molecule has 1 aliphatic rings. The minimum Gasteiger partial charge on any atom is -0.360 e. The van der Waals surface area contributed by atoms with Crippen molar-refractivity contribution >= 4 is 23.2 Å². The zero-order valence-corrected chi connectivity index (χ0v) is 11.9. The van der Waals surface area contributed by atoms with E-state index in [1.807, 2.05) is 6.07 Å². The Morgan fingerprint density at radius 1 is 1.25 bits per heavy atom. The molecule has 104 valence electrons. The number of nitrogens with one attached hydrogen (secondary N) is 1. The summed E-state index contributed by atoms with van der Waals surface area (Å²) < 4.78 is 0. The third-order valence-corrected chi connectivity index (χ3v) is 3.47. The Balaban J connectivity index is 2.03. The minimum atomic E-state index is -0.200. The van der Waals surface area contributed by atoms with Gasteiger partial charge in [0, 0.05) is 30.0 Å². The largest absolute Gasteiger partial charge is 0.360 e. The van der Waals surface area contributed by atoms with Crippen LogP contribution in [-0.4, -0.2) is 23.9 Å². The molecule has 0 aliphatic carbocycles. The summed E-state index contributed by atoms with van der Waals surface area (Å²) in [5.41, 5.74) is 0.912. The summed E-state index contributed by atoms with van der Waals surface area (Å²) in [6.45, 7) is 1.47. The predicted octanol–water partition coefficient (Wildman–Crippen LogP) is 3.17. The highest BCUT2D eigenvalue weighted by Gasteiger charge is 2.19. The summed E-state index contributed by atoms with van der Waals surface area (Å²) in [5.74, 6) is -0.200. The quantitative estimate of drug-likeness (QED) is 0.687. The molecular weight excluding hydrogens is 274 g/mol. The summed E-state index contributed by atoms with van der Waals surface area (Å²) in [7, 11) is 0. The third-order valence-electron chi connectivity index (χ3n) is 3.22. The van der Waals surface area contributed by atoms with Crippen LogP contribution in [0.4, 0.5) is 5.69 Å². The Hall–Kier alpha value is -1.99. The molecule has 1 fully saturated rings. The third kappa shape index (κ3) is 3.75. The van der Waals surface area contributed by atoms with Gasteiger partial charge in [-0.3, -0.25) is 4.79 Å².